The van der Waals surface area contributed by atoms with E-state index in [4.69, 9.17) is 5.73 Å². The first-order chi connectivity index (χ1) is 7.68. The Kier molecular flexibility index (Phi) is 1.82. The number of carbonyl (C=O) groups excluding carboxylic acids is 1. The molecule has 1 aliphatic heterocycles. The number of nitrogens with zero attached hydrogens (tertiary/aromatic N) is 1. The topological polar surface area (TPSA) is 46.3 Å². The van der Waals surface area contributed by atoms with E-state index in [1.165, 1.54) is 18.4 Å². The normalized spacial score (nSPS) is 21.1. The highest BCUT2D eigenvalue weighted by Gasteiger charge is 2.51. The second kappa shape index (κ2) is 3.00. The molecule has 1 aliphatic carbocycles. The SMILES string of the molecule is CCN1CC2(CC2)c2cccc(N)c2C1=O. The van der Waals surface area contributed by atoms with Crippen LogP contribution in [0.3, 0.4) is 0 Å². The van der Waals surface area contributed by atoms with Crippen LogP contribution in [-0.4, -0.2) is 23.9 Å². The average molecular weight is 216 g/mol. The van der Waals surface area contributed by atoms with Crippen molar-refractivity contribution in [3.8, 4) is 0 Å². The van der Waals surface area contributed by atoms with Gasteiger partial charge < -0.3 is 10.6 Å². The molecule has 2 N–H and O–H groups in total. The summed E-state index contributed by atoms with van der Waals surface area (Å²) in [6.07, 6.45) is 2.38. The fraction of sp³-hybridized carbons (Fsp3) is 0.462. The number of benzene rings is 1. The molecule has 0 saturated heterocycles. The maximum Gasteiger partial charge on any atom is 0.256 e. The van der Waals surface area contributed by atoms with Crippen molar-refractivity contribution in [3.05, 3.63) is 29.3 Å². The maximum atomic E-state index is 12.2. The van der Waals surface area contributed by atoms with Crippen LogP contribution >= 0.6 is 0 Å². The molecule has 3 rings (SSSR count). The van der Waals surface area contributed by atoms with Gasteiger partial charge in [0, 0.05) is 24.2 Å². The van der Waals surface area contributed by atoms with E-state index in [1.807, 2.05) is 24.0 Å². The number of carbonyl (C=O) groups is 1. The summed E-state index contributed by atoms with van der Waals surface area (Å²) in [5.74, 6) is 0.105. The summed E-state index contributed by atoms with van der Waals surface area (Å²) in [6, 6.07) is 5.86. The van der Waals surface area contributed by atoms with Crippen molar-refractivity contribution >= 4 is 11.6 Å². The predicted molar refractivity (Wildman–Crippen MR) is 63.3 cm³/mol. The first-order valence-electron chi connectivity index (χ1n) is 5.86. The summed E-state index contributed by atoms with van der Waals surface area (Å²) < 4.78 is 0. The largest absolute Gasteiger partial charge is 0.398 e. The van der Waals surface area contributed by atoms with Gasteiger partial charge in [0.1, 0.15) is 0 Å². The third kappa shape index (κ3) is 1.11. The average Bonchev–Trinajstić information content (AvgIpc) is 3.04. The minimum atomic E-state index is 0.105. The fourth-order valence-electron chi connectivity index (χ4n) is 2.76. The minimum absolute atomic E-state index is 0.105. The number of rotatable bonds is 1. The van der Waals surface area contributed by atoms with E-state index < -0.39 is 0 Å². The van der Waals surface area contributed by atoms with Gasteiger partial charge in [-0.3, -0.25) is 4.79 Å². The van der Waals surface area contributed by atoms with E-state index >= 15 is 0 Å². The lowest BCUT2D eigenvalue weighted by Crippen LogP contribution is -2.43. The Morgan fingerprint density at radius 3 is 2.81 bits per heavy atom. The van der Waals surface area contributed by atoms with Crippen molar-refractivity contribution < 1.29 is 4.79 Å². The molecular weight excluding hydrogens is 200 g/mol. The van der Waals surface area contributed by atoms with Crippen LogP contribution in [-0.2, 0) is 5.41 Å². The van der Waals surface area contributed by atoms with Gasteiger partial charge in [0.25, 0.3) is 5.91 Å². The smallest absolute Gasteiger partial charge is 0.256 e. The van der Waals surface area contributed by atoms with Gasteiger partial charge in [-0.25, -0.2) is 0 Å². The van der Waals surface area contributed by atoms with Crippen LogP contribution in [0.15, 0.2) is 18.2 Å². The first-order valence-corrected chi connectivity index (χ1v) is 5.86. The Morgan fingerprint density at radius 2 is 2.19 bits per heavy atom. The molecule has 0 unspecified atom stereocenters. The zero-order chi connectivity index (χ0) is 11.3. The van der Waals surface area contributed by atoms with Gasteiger partial charge in [-0.2, -0.15) is 0 Å². The molecular formula is C13H16N2O. The molecule has 3 heteroatoms. The van der Waals surface area contributed by atoms with Crippen LogP contribution in [0.1, 0.15) is 35.7 Å². The zero-order valence-corrected chi connectivity index (χ0v) is 9.49. The number of nitrogens with two attached hydrogens (primary N) is 1. The maximum absolute atomic E-state index is 12.2. The van der Waals surface area contributed by atoms with Crippen LogP contribution < -0.4 is 5.73 Å². The van der Waals surface area contributed by atoms with Crippen molar-refractivity contribution in [1.29, 1.82) is 0 Å². The second-order valence-electron chi connectivity index (χ2n) is 4.87. The molecule has 1 fully saturated rings. The molecule has 84 valence electrons. The van der Waals surface area contributed by atoms with Gasteiger partial charge in [-0.15, -0.1) is 0 Å². The lowest BCUT2D eigenvalue weighted by atomic mass is 9.85. The van der Waals surface area contributed by atoms with Crippen LogP contribution in [0.25, 0.3) is 0 Å². The molecule has 1 aromatic rings. The molecule has 1 spiro atoms. The molecule has 2 aliphatic rings. The van der Waals surface area contributed by atoms with Gasteiger partial charge in [-0.05, 0) is 31.4 Å². The summed E-state index contributed by atoms with van der Waals surface area (Å²) in [5.41, 5.74) is 8.75. The number of fused-ring (bicyclic) bond motifs is 2. The standard InChI is InChI=1S/C13H16N2O/c1-2-15-8-13(6-7-13)9-4-3-5-10(14)11(9)12(15)16/h3-5H,2,6-8,14H2,1H3. The summed E-state index contributed by atoms with van der Waals surface area (Å²) >= 11 is 0. The monoisotopic (exact) mass is 216 g/mol. The third-order valence-electron chi connectivity index (χ3n) is 3.90. The molecule has 1 amide bonds. The highest BCUT2D eigenvalue weighted by Crippen LogP contribution is 2.53. The molecule has 16 heavy (non-hydrogen) atoms. The van der Waals surface area contributed by atoms with Crippen molar-refractivity contribution in [1.82, 2.24) is 4.90 Å². The molecule has 3 nitrogen and oxygen atoms in total. The number of amides is 1. The molecule has 1 heterocycles. The lowest BCUT2D eigenvalue weighted by Gasteiger charge is -2.34. The van der Waals surface area contributed by atoms with Crippen LogP contribution in [0.5, 0.6) is 0 Å². The van der Waals surface area contributed by atoms with Crippen LogP contribution in [0.2, 0.25) is 0 Å². The predicted octanol–water partition coefficient (Wildman–Crippen LogP) is 1.78. The summed E-state index contributed by atoms with van der Waals surface area (Å²) in [4.78, 5) is 14.2. The summed E-state index contributed by atoms with van der Waals surface area (Å²) in [5, 5.41) is 0. The number of likely N-dealkylation sites (N-methyl/N-ethyl adjacent to an activating group) is 1. The fourth-order valence-corrected chi connectivity index (χ4v) is 2.76. The van der Waals surface area contributed by atoms with E-state index in [9.17, 15) is 4.79 Å². The quantitative estimate of drug-likeness (QED) is 0.727. The molecule has 1 aromatic carbocycles. The Bertz CT molecular complexity index is 463. The van der Waals surface area contributed by atoms with Crippen molar-refractivity contribution in [2.45, 2.75) is 25.2 Å². The first kappa shape index (κ1) is 9.70. The molecule has 0 bridgehead atoms. The van der Waals surface area contributed by atoms with Gasteiger partial charge in [-0.1, -0.05) is 12.1 Å². The third-order valence-corrected chi connectivity index (χ3v) is 3.90. The van der Waals surface area contributed by atoms with Crippen LogP contribution in [0.4, 0.5) is 5.69 Å². The van der Waals surface area contributed by atoms with Gasteiger partial charge in [0.2, 0.25) is 0 Å². The van der Waals surface area contributed by atoms with E-state index in [0.717, 1.165) is 18.7 Å². The highest BCUT2D eigenvalue weighted by atomic mass is 16.2. The number of hydrogen-bond acceptors (Lipinski definition) is 2. The molecule has 0 radical (unpaired) electrons. The second-order valence-corrected chi connectivity index (χ2v) is 4.87. The minimum Gasteiger partial charge on any atom is -0.398 e. The highest BCUT2D eigenvalue weighted by molar-refractivity contribution is 6.02. The van der Waals surface area contributed by atoms with E-state index in [2.05, 4.69) is 6.07 Å². The lowest BCUT2D eigenvalue weighted by molar-refractivity contribution is 0.0724. The van der Waals surface area contributed by atoms with Crippen molar-refractivity contribution in [2.75, 3.05) is 18.8 Å². The molecule has 0 atom stereocenters. The van der Waals surface area contributed by atoms with Crippen molar-refractivity contribution in [3.63, 3.8) is 0 Å². The van der Waals surface area contributed by atoms with Gasteiger partial charge in [0.05, 0.1) is 5.56 Å². The molecule has 1 saturated carbocycles. The van der Waals surface area contributed by atoms with Gasteiger partial charge in [0.15, 0.2) is 0 Å². The Balaban J connectivity index is 2.19. The van der Waals surface area contributed by atoms with E-state index in [-0.39, 0.29) is 11.3 Å². The van der Waals surface area contributed by atoms with E-state index in [0.29, 0.717) is 5.69 Å². The van der Waals surface area contributed by atoms with Gasteiger partial charge >= 0.3 is 0 Å². The Labute approximate surface area is 95.2 Å². The summed E-state index contributed by atoms with van der Waals surface area (Å²) in [7, 11) is 0. The number of anilines is 1. The Hall–Kier alpha value is -1.51. The Morgan fingerprint density at radius 1 is 1.44 bits per heavy atom. The molecule has 0 aromatic heterocycles. The van der Waals surface area contributed by atoms with Crippen molar-refractivity contribution in [2.24, 2.45) is 0 Å². The summed E-state index contributed by atoms with van der Waals surface area (Å²) in [6.45, 7) is 3.67. The van der Waals surface area contributed by atoms with Crippen LogP contribution in [0, 0.1) is 0 Å². The number of hydrogen-bond donors (Lipinski definition) is 1. The zero-order valence-electron chi connectivity index (χ0n) is 9.49. The van der Waals surface area contributed by atoms with E-state index in [1.54, 1.807) is 0 Å². The number of nitrogen functional groups attached to an aromatic ring is 1.